The fraction of sp³-hybridized carbons (Fsp3) is 0.0492. The van der Waals surface area contributed by atoms with Crippen LogP contribution in [0, 0.1) is 0 Å². The van der Waals surface area contributed by atoms with E-state index in [1.807, 2.05) is 12.1 Å². The molecule has 1 aromatic heterocycles. The molecule has 12 rings (SSSR count). The number of rotatable bonds is 7. The summed E-state index contributed by atoms with van der Waals surface area (Å²) < 4.78 is 6.29. The van der Waals surface area contributed by atoms with Crippen molar-refractivity contribution >= 4 is 49.8 Å². The second-order valence-electron chi connectivity index (χ2n) is 17.3. The number of hydrogen-bond acceptors (Lipinski definition) is 2. The zero-order valence-corrected chi connectivity index (χ0v) is 35.2. The molecule has 2 heteroatoms. The maximum atomic E-state index is 6.29. The third-order valence-electron chi connectivity index (χ3n) is 13.3. The molecule has 1 aliphatic carbocycles. The van der Waals surface area contributed by atoms with Gasteiger partial charge in [0, 0.05) is 33.1 Å². The highest BCUT2D eigenvalue weighted by Gasteiger charge is 2.35. The van der Waals surface area contributed by atoms with Crippen LogP contribution in [0.25, 0.3) is 88.3 Å². The Labute approximate surface area is 368 Å². The van der Waals surface area contributed by atoms with E-state index >= 15 is 0 Å². The van der Waals surface area contributed by atoms with Gasteiger partial charge in [-0.05, 0) is 127 Å². The maximum absolute atomic E-state index is 6.29. The zero-order chi connectivity index (χ0) is 42.1. The molecule has 10 aromatic carbocycles. The number of furan rings is 1. The Morgan fingerprint density at radius 2 is 0.905 bits per heavy atom. The van der Waals surface area contributed by atoms with Crippen molar-refractivity contribution in [1.29, 1.82) is 0 Å². The van der Waals surface area contributed by atoms with Gasteiger partial charge in [-0.1, -0.05) is 184 Å². The molecule has 298 valence electrons. The molecule has 0 amide bonds. The van der Waals surface area contributed by atoms with Gasteiger partial charge in [-0.15, -0.1) is 0 Å². The van der Waals surface area contributed by atoms with Crippen LogP contribution in [0.4, 0.5) is 17.1 Å². The van der Waals surface area contributed by atoms with E-state index in [9.17, 15) is 0 Å². The van der Waals surface area contributed by atoms with E-state index in [4.69, 9.17) is 4.42 Å². The maximum Gasteiger partial charge on any atom is 0.136 e. The number of benzene rings is 10. The number of anilines is 3. The molecular weight excluding hydrogens is 763 g/mol. The molecule has 0 bridgehead atoms. The van der Waals surface area contributed by atoms with E-state index < -0.39 is 0 Å². The molecule has 0 N–H and O–H groups in total. The third kappa shape index (κ3) is 6.09. The molecule has 11 aromatic rings. The monoisotopic (exact) mass is 805 g/mol. The van der Waals surface area contributed by atoms with Gasteiger partial charge in [-0.25, -0.2) is 0 Å². The molecular formula is C61H43NO. The first-order valence-electron chi connectivity index (χ1n) is 21.8. The lowest BCUT2D eigenvalue weighted by Crippen LogP contribution is -2.14. The summed E-state index contributed by atoms with van der Waals surface area (Å²) in [5.41, 5.74) is 19.9. The molecule has 0 unspecified atom stereocenters. The van der Waals surface area contributed by atoms with Crippen LogP contribution in [0.2, 0.25) is 0 Å². The van der Waals surface area contributed by atoms with Crippen molar-refractivity contribution < 1.29 is 4.42 Å². The van der Waals surface area contributed by atoms with Crippen molar-refractivity contribution in [1.82, 2.24) is 0 Å². The lowest BCUT2D eigenvalue weighted by Gasteiger charge is -2.28. The zero-order valence-electron chi connectivity index (χ0n) is 35.2. The van der Waals surface area contributed by atoms with Crippen LogP contribution in [0.3, 0.4) is 0 Å². The van der Waals surface area contributed by atoms with E-state index in [1.165, 1.54) is 55.3 Å². The van der Waals surface area contributed by atoms with E-state index in [1.54, 1.807) is 0 Å². The molecule has 1 heterocycles. The molecule has 0 atom stereocenters. The first kappa shape index (κ1) is 36.9. The van der Waals surface area contributed by atoms with Gasteiger partial charge < -0.3 is 9.32 Å². The summed E-state index contributed by atoms with van der Waals surface area (Å²) in [4.78, 5) is 2.41. The summed E-state index contributed by atoms with van der Waals surface area (Å²) >= 11 is 0. The number of fused-ring (bicyclic) bond motifs is 7. The molecule has 1 aliphatic rings. The third-order valence-corrected chi connectivity index (χ3v) is 13.3. The van der Waals surface area contributed by atoms with Gasteiger partial charge in [0.15, 0.2) is 0 Å². The van der Waals surface area contributed by atoms with Gasteiger partial charge >= 0.3 is 0 Å². The summed E-state index contributed by atoms with van der Waals surface area (Å²) in [5, 5.41) is 4.76. The van der Waals surface area contributed by atoms with Gasteiger partial charge in [0.2, 0.25) is 0 Å². The molecule has 0 fully saturated rings. The summed E-state index contributed by atoms with van der Waals surface area (Å²) in [6, 6.07) is 81.7. The van der Waals surface area contributed by atoms with Crippen molar-refractivity contribution in [2.24, 2.45) is 0 Å². The highest BCUT2D eigenvalue weighted by atomic mass is 16.3. The van der Waals surface area contributed by atoms with E-state index in [0.717, 1.165) is 61.3 Å². The van der Waals surface area contributed by atoms with Crippen molar-refractivity contribution in [2.45, 2.75) is 19.3 Å². The van der Waals surface area contributed by atoms with Crippen LogP contribution in [0.1, 0.15) is 25.0 Å². The van der Waals surface area contributed by atoms with Gasteiger partial charge in [0.05, 0.1) is 5.69 Å². The Bertz CT molecular complexity index is 3530. The Morgan fingerprint density at radius 3 is 1.73 bits per heavy atom. The molecule has 0 saturated carbocycles. The standard InChI is InChI=1S/C61H43NO/c1-61(2)55-24-8-5-20-52(55)53-37-32-43(39-56(53)61)40-28-33-46(34-29-40)62(47-35-30-42(31-36-47)51-23-13-27-59-60(51)54-21-7-10-26-58(54)63-59)57-25-9-6-19-50(57)45-17-11-16-44(38-45)49-22-12-15-41-14-3-4-18-48(41)49/h3-39H,1-2H3. The minimum Gasteiger partial charge on any atom is -0.456 e. The van der Waals surface area contributed by atoms with Crippen LogP contribution in [-0.4, -0.2) is 0 Å². The summed E-state index contributed by atoms with van der Waals surface area (Å²) in [7, 11) is 0. The predicted molar refractivity (Wildman–Crippen MR) is 265 cm³/mol. The smallest absolute Gasteiger partial charge is 0.136 e. The summed E-state index contributed by atoms with van der Waals surface area (Å²) in [6.07, 6.45) is 0. The fourth-order valence-electron chi connectivity index (χ4n) is 10.2. The predicted octanol–water partition coefficient (Wildman–Crippen LogP) is 17.2. The topological polar surface area (TPSA) is 16.4 Å². The second-order valence-corrected chi connectivity index (χ2v) is 17.3. The normalized spacial score (nSPS) is 12.7. The first-order valence-corrected chi connectivity index (χ1v) is 21.8. The van der Waals surface area contributed by atoms with Crippen molar-refractivity contribution in [3.05, 3.63) is 236 Å². The number of nitrogens with zero attached hydrogens (tertiary/aromatic N) is 1. The Hall–Kier alpha value is -7.94. The quantitative estimate of drug-likeness (QED) is 0.160. The average Bonchev–Trinajstić information content (AvgIpc) is 3.84. The van der Waals surface area contributed by atoms with E-state index in [-0.39, 0.29) is 5.41 Å². The highest BCUT2D eigenvalue weighted by Crippen LogP contribution is 2.50. The lowest BCUT2D eigenvalue weighted by molar-refractivity contribution is 0.660. The van der Waals surface area contributed by atoms with Crippen LogP contribution >= 0.6 is 0 Å². The molecule has 0 aliphatic heterocycles. The molecule has 0 radical (unpaired) electrons. The summed E-state index contributed by atoms with van der Waals surface area (Å²) in [5.74, 6) is 0. The average molecular weight is 806 g/mol. The number of para-hydroxylation sites is 2. The van der Waals surface area contributed by atoms with Crippen LogP contribution in [0.5, 0.6) is 0 Å². The lowest BCUT2D eigenvalue weighted by atomic mass is 9.81. The SMILES string of the molecule is CC1(C)c2ccccc2-c2ccc(-c3ccc(N(c4ccc(-c5cccc6oc7ccccc7c56)cc4)c4ccccc4-c4cccc(-c5cccc6ccccc56)c4)cc3)cc21. The van der Waals surface area contributed by atoms with Gasteiger partial charge in [0.25, 0.3) is 0 Å². The van der Waals surface area contributed by atoms with Crippen LogP contribution < -0.4 is 4.90 Å². The Morgan fingerprint density at radius 1 is 0.349 bits per heavy atom. The van der Waals surface area contributed by atoms with Crippen LogP contribution in [-0.2, 0) is 5.41 Å². The van der Waals surface area contributed by atoms with Gasteiger partial charge in [0.1, 0.15) is 11.2 Å². The van der Waals surface area contributed by atoms with E-state index in [2.05, 4.69) is 231 Å². The van der Waals surface area contributed by atoms with Crippen molar-refractivity contribution in [2.75, 3.05) is 4.90 Å². The fourth-order valence-corrected chi connectivity index (χ4v) is 10.2. The molecule has 0 spiro atoms. The highest BCUT2D eigenvalue weighted by molar-refractivity contribution is 6.12. The first-order chi connectivity index (χ1) is 31.0. The molecule has 63 heavy (non-hydrogen) atoms. The largest absolute Gasteiger partial charge is 0.456 e. The van der Waals surface area contributed by atoms with E-state index in [0.29, 0.717) is 0 Å². The number of hydrogen-bond donors (Lipinski definition) is 0. The minimum absolute atomic E-state index is 0.0598. The van der Waals surface area contributed by atoms with Gasteiger partial charge in [-0.2, -0.15) is 0 Å². The Kier molecular flexibility index (Phi) is 8.55. The molecule has 2 nitrogen and oxygen atoms in total. The van der Waals surface area contributed by atoms with Crippen molar-refractivity contribution in [3.8, 4) is 55.6 Å². The van der Waals surface area contributed by atoms with Crippen LogP contribution in [0.15, 0.2) is 229 Å². The minimum atomic E-state index is -0.0598. The molecule has 0 saturated heterocycles. The summed E-state index contributed by atoms with van der Waals surface area (Å²) in [6.45, 7) is 4.70. The second kappa shape index (κ2) is 14.6. The Balaban J connectivity index is 0.977. The van der Waals surface area contributed by atoms with Crippen molar-refractivity contribution in [3.63, 3.8) is 0 Å². The van der Waals surface area contributed by atoms with Gasteiger partial charge in [-0.3, -0.25) is 0 Å².